The molecule has 0 aliphatic rings. The first-order valence-corrected chi connectivity index (χ1v) is 5.70. The summed E-state index contributed by atoms with van der Waals surface area (Å²) in [6.07, 6.45) is 0. The Hall–Kier alpha value is -2.50. The molecule has 0 aliphatic heterocycles. The molecular weight excluding hydrogens is 269 g/mol. The van der Waals surface area contributed by atoms with Crippen LogP contribution >= 0.6 is 0 Å². The fourth-order valence-corrected chi connectivity index (χ4v) is 1.71. The number of rotatable bonds is 2. The predicted octanol–water partition coefficient (Wildman–Crippen LogP) is 3.25. The predicted molar refractivity (Wildman–Crippen MR) is 69.9 cm³/mol. The number of hydrogen-bond donors (Lipinski definition) is 2. The summed E-state index contributed by atoms with van der Waals surface area (Å²) in [5.41, 5.74) is 6.94. The van der Waals surface area contributed by atoms with E-state index in [4.69, 9.17) is 5.73 Å². The van der Waals surface area contributed by atoms with Crippen LogP contribution in [0.25, 0.3) is 0 Å². The maximum Gasteiger partial charge on any atom is 0.255 e. The molecule has 0 bridgehead atoms. The minimum absolute atomic E-state index is 0.308. The van der Waals surface area contributed by atoms with Gasteiger partial charge in [0.15, 0.2) is 17.5 Å². The lowest BCUT2D eigenvalue weighted by molar-refractivity contribution is 0.102. The molecule has 0 fully saturated rings. The average molecular weight is 280 g/mol. The van der Waals surface area contributed by atoms with Crippen molar-refractivity contribution in [1.29, 1.82) is 0 Å². The van der Waals surface area contributed by atoms with Crippen molar-refractivity contribution in [1.82, 2.24) is 0 Å². The van der Waals surface area contributed by atoms with Gasteiger partial charge in [0.25, 0.3) is 5.91 Å². The summed E-state index contributed by atoms with van der Waals surface area (Å²) in [4.78, 5) is 11.9. The minimum atomic E-state index is -1.61. The molecular formula is C14H11F3N2O. The largest absolute Gasteiger partial charge is 0.399 e. The topological polar surface area (TPSA) is 55.1 Å². The van der Waals surface area contributed by atoms with Crippen molar-refractivity contribution in [3.63, 3.8) is 0 Å². The van der Waals surface area contributed by atoms with E-state index in [2.05, 4.69) is 5.32 Å². The second-order valence-electron chi connectivity index (χ2n) is 4.28. The molecule has 2 rings (SSSR count). The average Bonchev–Trinajstić information content (AvgIpc) is 2.38. The molecule has 0 radical (unpaired) electrons. The van der Waals surface area contributed by atoms with E-state index in [1.54, 1.807) is 25.1 Å². The number of nitrogens with one attached hydrogen (secondary N) is 1. The highest BCUT2D eigenvalue weighted by Crippen LogP contribution is 2.20. The summed E-state index contributed by atoms with van der Waals surface area (Å²) in [6.45, 7) is 1.72. The fourth-order valence-electron chi connectivity index (χ4n) is 1.71. The lowest BCUT2D eigenvalue weighted by atomic mass is 10.1. The van der Waals surface area contributed by atoms with Gasteiger partial charge >= 0.3 is 0 Å². The van der Waals surface area contributed by atoms with Crippen LogP contribution in [0.15, 0.2) is 30.3 Å². The van der Waals surface area contributed by atoms with Crippen molar-refractivity contribution in [2.24, 2.45) is 0 Å². The first-order chi connectivity index (χ1) is 9.38. The molecule has 2 aromatic rings. The van der Waals surface area contributed by atoms with Crippen LogP contribution in [-0.2, 0) is 0 Å². The molecule has 0 aliphatic carbocycles. The summed E-state index contributed by atoms with van der Waals surface area (Å²) in [6, 6.07) is 6.06. The SMILES string of the molecule is Cc1cc(N)ccc1NC(=O)c1cc(F)c(F)c(F)c1. The zero-order valence-corrected chi connectivity index (χ0v) is 10.5. The van der Waals surface area contributed by atoms with Gasteiger partial charge in [-0.3, -0.25) is 4.79 Å². The lowest BCUT2D eigenvalue weighted by Crippen LogP contribution is -2.14. The molecule has 0 spiro atoms. The Balaban J connectivity index is 2.28. The first kappa shape index (κ1) is 13.9. The molecule has 3 N–H and O–H groups in total. The molecule has 0 saturated carbocycles. The number of carbonyl (C=O) groups excluding carboxylic acids is 1. The minimum Gasteiger partial charge on any atom is -0.399 e. The van der Waals surface area contributed by atoms with Gasteiger partial charge in [-0.25, -0.2) is 13.2 Å². The normalized spacial score (nSPS) is 10.4. The van der Waals surface area contributed by atoms with Gasteiger partial charge in [0.2, 0.25) is 0 Å². The standard InChI is InChI=1S/C14H11F3N2O/c1-7-4-9(18)2-3-12(7)19-14(20)8-5-10(15)13(17)11(16)6-8/h2-6H,18H2,1H3,(H,19,20). The van der Waals surface area contributed by atoms with E-state index < -0.39 is 23.4 Å². The van der Waals surface area contributed by atoms with Crippen LogP contribution in [0.3, 0.4) is 0 Å². The number of hydrogen-bond acceptors (Lipinski definition) is 2. The molecule has 3 nitrogen and oxygen atoms in total. The third-order valence-corrected chi connectivity index (χ3v) is 2.74. The number of amides is 1. The number of nitrogens with two attached hydrogens (primary N) is 1. The number of benzene rings is 2. The van der Waals surface area contributed by atoms with Crippen LogP contribution in [0.4, 0.5) is 24.5 Å². The quantitative estimate of drug-likeness (QED) is 0.655. The summed E-state index contributed by atoms with van der Waals surface area (Å²) in [5.74, 6) is -5.17. The van der Waals surface area contributed by atoms with Crippen molar-refractivity contribution in [2.75, 3.05) is 11.1 Å². The Morgan fingerprint density at radius 1 is 1.10 bits per heavy atom. The lowest BCUT2D eigenvalue weighted by Gasteiger charge is -2.09. The smallest absolute Gasteiger partial charge is 0.255 e. The molecule has 1 amide bonds. The number of nitrogen functional groups attached to an aromatic ring is 1. The molecule has 20 heavy (non-hydrogen) atoms. The van der Waals surface area contributed by atoms with Crippen molar-refractivity contribution >= 4 is 17.3 Å². The number of anilines is 2. The van der Waals surface area contributed by atoms with Gasteiger partial charge in [0, 0.05) is 16.9 Å². The molecule has 2 aromatic carbocycles. The van der Waals surface area contributed by atoms with E-state index in [1.807, 2.05) is 0 Å². The molecule has 104 valence electrons. The highest BCUT2D eigenvalue weighted by molar-refractivity contribution is 6.04. The Morgan fingerprint density at radius 2 is 1.70 bits per heavy atom. The van der Waals surface area contributed by atoms with Crippen LogP contribution in [0, 0.1) is 24.4 Å². The van der Waals surface area contributed by atoms with E-state index in [1.165, 1.54) is 0 Å². The van der Waals surface area contributed by atoms with Crippen LogP contribution < -0.4 is 11.1 Å². The van der Waals surface area contributed by atoms with Crippen molar-refractivity contribution in [3.05, 3.63) is 58.9 Å². The maximum absolute atomic E-state index is 13.1. The number of carbonyl (C=O) groups is 1. The van der Waals surface area contributed by atoms with Crippen LogP contribution in [0.5, 0.6) is 0 Å². The second-order valence-corrected chi connectivity index (χ2v) is 4.28. The zero-order valence-electron chi connectivity index (χ0n) is 10.5. The zero-order chi connectivity index (χ0) is 14.9. The van der Waals surface area contributed by atoms with E-state index in [0.717, 1.165) is 0 Å². The Kier molecular flexibility index (Phi) is 3.65. The highest BCUT2D eigenvalue weighted by atomic mass is 19.2. The van der Waals surface area contributed by atoms with E-state index >= 15 is 0 Å². The Bertz CT molecular complexity index is 663. The van der Waals surface area contributed by atoms with Crippen LogP contribution in [0.2, 0.25) is 0 Å². The summed E-state index contributed by atoms with van der Waals surface area (Å²) in [5, 5.41) is 2.48. The molecule has 0 saturated heterocycles. The van der Waals surface area contributed by atoms with Gasteiger partial charge in [-0.05, 0) is 42.8 Å². The van der Waals surface area contributed by atoms with Crippen molar-refractivity contribution < 1.29 is 18.0 Å². The third-order valence-electron chi connectivity index (χ3n) is 2.74. The van der Waals surface area contributed by atoms with Gasteiger partial charge < -0.3 is 11.1 Å². The second kappa shape index (κ2) is 5.24. The Labute approximate surface area is 113 Å². The van der Waals surface area contributed by atoms with Gasteiger partial charge in [-0.15, -0.1) is 0 Å². The molecule has 0 unspecified atom stereocenters. The molecule has 0 aromatic heterocycles. The monoisotopic (exact) mass is 280 g/mol. The fraction of sp³-hybridized carbons (Fsp3) is 0.0714. The van der Waals surface area contributed by atoms with E-state index in [0.29, 0.717) is 29.1 Å². The number of aryl methyl sites for hydroxylation is 1. The van der Waals surface area contributed by atoms with E-state index in [9.17, 15) is 18.0 Å². The number of halogens is 3. The van der Waals surface area contributed by atoms with E-state index in [-0.39, 0.29) is 5.56 Å². The maximum atomic E-state index is 13.1. The van der Waals surface area contributed by atoms with Gasteiger partial charge in [-0.2, -0.15) is 0 Å². The first-order valence-electron chi connectivity index (χ1n) is 5.70. The molecule has 0 atom stereocenters. The molecule has 0 heterocycles. The van der Waals surface area contributed by atoms with Crippen LogP contribution in [0.1, 0.15) is 15.9 Å². The van der Waals surface area contributed by atoms with Crippen molar-refractivity contribution in [2.45, 2.75) is 6.92 Å². The van der Waals surface area contributed by atoms with Gasteiger partial charge in [0.05, 0.1) is 0 Å². The summed E-state index contributed by atoms with van der Waals surface area (Å²) in [7, 11) is 0. The highest BCUT2D eigenvalue weighted by Gasteiger charge is 2.15. The van der Waals surface area contributed by atoms with Crippen LogP contribution in [-0.4, -0.2) is 5.91 Å². The molecule has 6 heteroatoms. The van der Waals surface area contributed by atoms with Gasteiger partial charge in [-0.1, -0.05) is 0 Å². The third kappa shape index (κ3) is 2.74. The Morgan fingerprint density at radius 3 is 2.25 bits per heavy atom. The summed E-state index contributed by atoms with van der Waals surface area (Å²) >= 11 is 0. The van der Waals surface area contributed by atoms with Gasteiger partial charge in [0.1, 0.15) is 0 Å². The summed E-state index contributed by atoms with van der Waals surface area (Å²) < 4.78 is 38.9. The van der Waals surface area contributed by atoms with Crippen molar-refractivity contribution in [3.8, 4) is 0 Å².